The van der Waals surface area contributed by atoms with Gasteiger partial charge in [0.2, 0.25) is 0 Å². The molecule has 1 aliphatic rings. The van der Waals surface area contributed by atoms with Crippen LogP contribution in [0.15, 0.2) is 5.38 Å². The minimum absolute atomic E-state index is 0.000556. The number of thiazole rings is 1. The van der Waals surface area contributed by atoms with Crippen molar-refractivity contribution in [2.75, 3.05) is 12.4 Å². The van der Waals surface area contributed by atoms with Crippen LogP contribution in [0, 0.1) is 5.92 Å². The van der Waals surface area contributed by atoms with E-state index in [1.807, 2.05) is 5.38 Å². The number of aliphatic hydroxyl groups is 1. The zero-order chi connectivity index (χ0) is 14.6. The molecule has 1 heterocycles. The standard InChI is InChI=1S/C14H23NO3S2/c1-11(7-16)9-20(17,18)10-13-8-19-14(15-13)12-5-3-2-4-6-12/h8,11-12,16H,2-7,9-10H2,1H3. The van der Waals surface area contributed by atoms with Crippen molar-refractivity contribution in [3.63, 3.8) is 0 Å². The Balaban J connectivity index is 1.98. The van der Waals surface area contributed by atoms with Gasteiger partial charge in [0.25, 0.3) is 0 Å². The van der Waals surface area contributed by atoms with Gasteiger partial charge in [-0.2, -0.15) is 0 Å². The molecule has 1 aromatic rings. The molecule has 1 aliphatic carbocycles. The molecule has 1 aromatic heterocycles. The molecule has 0 amide bonds. The Labute approximate surface area is 125 Å². The zero-order valence-electron chi connectivity index (χ0n) is 11.9. The molecule has 1 atom stereocenters. The van der Waals surface area contributed by atoms with E-state index >= 15 is 0 Å². The number of hydrogen-bond acceptors (Lipinski definition) is 5. The second-order valence-electron chi connectivity index (χ2n) is 5.85. The van der Waals surface area contributed by atoms with E-state index in [0.717, 1.165) is 5.01 Å². The van der Waals surface area contributed by atoms with Gasteiger partial charge >= 0.3 is 0 Å². The molecule has 0 bridgehead atoms. The summed E-state index contributed by atoms with van der Waals surface area (Å²) in [6.07, 6.45) is 6.18. The number of rotatable bonds is 6. The Morgan fingerprint density at radius 3 is 2.75 bits per heavy atom. The highest BCUT2D eigenvalue weighted by Crippen LogP contribution is 2.34. The molecule has 20 heavy (non-hydrogen) atoms. The third-order valence-electron chi connectivity index (χ3n) is 3.74. The van der Waals surface area contributed by atoms with Crippen molar-refractivity contribution in [2.24, 2.45) is 5.92 Å². The Kier molecular flexibility index (Phi) is 5.57. The molecule has 0 saturated heterocycles. The van der Waals surface area contributed by atoms with Crippen LogP contribution in [0.2, 0.25) is 0 Å². The Bertz CT molecular complexity index is 518. The Morgan fingerprint density at radius 2 is 2.10 bits per heavy atom. The fourth-order valence-corrected chi connectivity index (χ4v) is 5.48. The summed E-state index contributed by atoms with van der Waals surface area (Å²) in [7, 11) is -3.18. The van der Waals surface area contributed by atoms with Crippen molar-refractivity contribution in [3.8, 4) is 0 Å². The van der Waals surface area contributed by atoms with Gasteiger partial charge in [0.15, 0.2) is 9.84 Å². The van der Waals surface area contributed by atoms with E-state index in [0.29, 0.717) is 11.6 Å². The number of aliphatic hydroxyl groups excluding tert-OH is 1. The number of sulfone groups is 1. The van der Waals surface area contributed by atoms with Crippen LogP contribution in [-0.4, -0.2) is 30.9 Å². The predicted octanol–water partition coefficient (Wildman–Crippen LogP) is 2.73. The first-order valence-electron chi connectivity index (χ1n) is 7.26. The molecule has 114 valence electrons. The Hall–Kier alpha value is -0.460. The topological polar surface area (TPSA) is 67.3 Å². The van der Waals surface area contributed by atoms with Crippen molar-refractivity contribution in [2.45, 2.75) is 50.7 Å². The molecule has 2 rings (SSSR count). The van der Waals surface area contributed by atoms with Gasteiger partial charge in [0.1, 0.15) is 0 Å². The third kappa shape index (κ3) is 4.53. The van der Waals surface area contributed by atoms with Gasteiger partial charge in [-0.15, -0.1) is 11.3 Å². The van der Waals surface area contributed by atoms with Gasteiger partial charge in [-0.3, -0.25) is 0 Å². The van der Waals surface area contributed by atoms with Gasteiger partial charge in [-0.1, -0.05) is 26.2 Å². The van der Waals surface area contributed by atoms with Crippen molar-refractivity contribution in [1.29, 1.82) is 0 Å². The highest BCUT2D eigenvalue weighted by Gasteiger charge is 2.21. The molecule has 4 nitrogen and oxygen atoms in total. The lowest BCUT2D eigenvalue weighted by Gasteiger charge is -2.18. The summed E-state index contributed by atoms with van der Waals surface area (Å²) in [5, 5.41) is 11.9. The molecular weight excluding hydrogens is 294 g/mol. The van der Waals surface area contributed by atoms with E-state index in [9.17, 15) is 8.42 Å². The summed E-state index contributed by atoms with van der Waals surface area (Å²) < 4.78 is 24.0. The monoisotopic (exact) mass is 317 g/mol. The van der Waals surface area contributed by atoms with Crippen LogP contribution in [0.4, 0.5) is 0 Å². The molecule has 1 saturated carbocycles. The first-order valence-corrected chi connectivity index (χ1v) is 9.96. The third-order valence-corrected chi connectivity index (χ3v) is 6.61. The van der Waals surface area contributed by atoms with Crippen molar-refractivity contribution < 1.29 is 13.5 Å². The number of aromatic nitrogens is 1. The lowest BCUT2D eigenvalue weighted by atomic mass is 9.90. The van der Waals surface area contributed by atoms with Crippen molar-refractivity contribution in [1.82, 2.24) is 4.98 Å². The van der Waals surface area contributed by atoms with E-state index in [1.54, 1.807) is 18.3 Å². The van der Waals surface area contributed by atoms with Crippen LogP contribution in [0.1, 0.15) is 55.6 Å². The van der Waals surface area contributed by atoms with Crippen LogP contribution < -0.4 is 0 Å². The van der Waals surface area contributed by atoms with E-state index in [-0.39, 0.29) is 24.0 Å². The lowest BCUT2D eigenvalue weighted by Crippen LogP contribution is -2.18. The molecule has 1 N–H and O–H groups in total. The van der Waals surface area contributed by atoms with Gasteiger partial charge in [-0.25, -0.2) is 13.4 Å². The van der Waals surface area contributed by atoms with Crippen LogP contribution >= 0.6 is 11.3 Å². The molecular formula is C14H23NO3S2. The predicted molar refractivity (Wildman–Crippen MR) is 81.7 cm³/mol. The van der Waals surface area contributed by atoms with Crippen LogP contribution in [0.5, 0.6) is 0 Å². The van der Waals surface area contributed by atoms with Crippen LogP contribution in [-0.2, 0) is 15.6 Å². The summed E-state index contributed by atoms with van der Waals surface area (Å²) in [5.41, 5.74) is 0.667. The van der Waals surface area contributed by atoms with E-state index in [1.165, 1.54) is 32.1 Å². The van der Waals surface area contributed by atoms with Gasteiger partial charge in [-0.05, 0) is 18.8 Å². The molecule has 0 spiro atoms. The van der Waals surface area contributed by atoms with Gasteiger partial charge in [0.05, 0.1) is 22.2 Å². The molecule has 1 fully saturated rings. The summed E-state index contributed by atoms with van der Waals surface area (Å²) in [6.45, 7) is 1.65. The van der Waals surface area contributed by atoms with Crippen LogP contribution in [0.25, 0.3) is 0 Å². The second kappa shape index (κ2) is 7.00. The quantitative estimate of drug-likeness (QED) is 0.876. The SMILES string of the molecule is CC(CO)CS(=O)(=O)Cc1csc(C2CCCCC2)n1. The molecule has 6 heteroatoms. The van der Waals surface area contributed by atoms with Crippen LogP contribution in [0.3, 0.4) is 0 Å². The fourth-order valence-electron chi connectivity index (χ4n) is 2.70. The van der Waals surface area contributed by atoms with E-state index in [2.05, 4.69) is 4.98 Å². The van der Waals surface area contributed by atoms with E-state index in [4.69, 9.17) is 5.11 Å². The average molecular weight is 317 g/mol. The molecule has 1 unspecified atom stereocenters. The highest BCUT2D eigenvalue weighted by molar-refractivity contribution is 7.90. The Morgan fingerprint density at radius 1 is 1.40 bits per heavy atom. The normalized spacial score (nSPS) is 19.1. The maximum atomic E-state index is 12.0. The largest absolute Gasteiger partial charge is 0.396 e. The number of hydrogen-bond donors (Lipinski definition) is 1. The second-order valence-corrected chi connectivity index (χ2v) is 8.85. The van der Waals surface area contributed by atoms with Crippen molar-refractivity contribution >= 4 is 21.2 Å². The average Bonchev–Trinajstić information content (AvgIpc) is 2.86. The lowest BCUT2D eigenvalue weighted by molar-refractivity contribution is 0.249. The smallest absolute Gasteiger partial charge is 0.156 e. The summed E-state index contributed by atoms with van der Waals surface area (Å²) in [6, 6.07) is 0. The maximum Gasteiger partial charge on any atom is 0.156 e. The first kappa shape index (κ1) is 15.9. The number of nitrogens with zero attached hydrogens (tertiary/aromatic N) is 1. The van der Waals surface area contributed by atoms with E-state index < -0.39 is 9.84 Å². The minimum Gasteiger partial charge on any atom is -0.396 e. The minimum atomic E-state index is -3.18. The first-order chi connectivity index (χ1) is 9.50. The van der Waals surface area contributed by atoms with Crippen molar-refractivity contribution in [3.05, 3.63) is 16.1 Å². The summed E-state index contributed by atoms with van der Waals surface area (Å²) in [4.78, 5) is 4.53. The molecule has 0 radical (unpaired) electrons. The maximum absolute atomic E-state index is 12.0. The molecule has 0 aliphatic heterocycles. The summed E-state index contributed by atoms with van der Waals surface area (Å²) in [5.74, 6) is 0.346. The van der Waals surface area contributed by atoms with Gasteiger partial charge < -0.3 is 5.11 Å². The fraction of sp³-hybridized carbons (Fsp3) is 0.786. The highest BCUT2D eigenvalue weighted by atomic mass is 32.2. The van der Waals surface area contributed by atoms with Gasteiger partial charge in [0, 0.05) is 17.9 Å². The summed E-state index contributed by atoms with van der Waals surface area (Å²) >= 11 is 1.60. The molecule has 0 aromatic carbocycles. The zero-order valence-corrected chi connectivity index (χ0v) is 13.5.